The Hall–Kier alpha value is -3.16. The molecule has 0 unspecified atom stereocenters. The van der Waals surface area contributed by atoms with E-state index in [0.29, 0.717) is 38.8 Å². The second-order valence-corrected chi connectivity index (χ2v) is 5.85. The summed E-state index contributed by atoms with van der Waals surface area (Å²) in [5.74, 6) is -1.36. The smallest absolute Gasteiger partial charge is 0.243 e. The first kappa shape index (κ1) is 22.9. The van der Waals surface area contributed by atoms with Crippen molar-refractivity contribution in [3.63, 3.8) is 0 Å². The third-order valence-electron chi connectivity index (χ3n) is 3.64. The van der Waals surface area contributed by atoms with Crippen LogP contribution in [0, 0.1) is 0 Å². The van der Waals surface area contributed by atoms with Crippen LogP contribution in [0.2, 0.25) is 0 Å². The van der Waals surface area contributed by atoms with E-state index in [0.717, 1.165) is 12.2 Å². The van der Waals surface area contributed by atoms with Crippen LogP contribution in [0.5, 0.6) is 0 Å². The number of ether oxygens (including phenoxy) is 2. The van der Waals surface area contributed by atoms with E-state index in [2.05, 4.69) is 23.8 Å². The molecule has 1 rings (SSSR count). The summed E-state index contributed by atoms with van der Waals surface area (Å²) < 4.78 is 10.7. The zero-order chi connectivity index (χ0) is 20.8. The Morgan fingerprint density at radius 1 is 0.786 bits per heavy atom. The molecule has 0 atom stereocenters. The molecule has 0 aromatic rings. The monoisotopic (exact) mass is 390 g/mol. The number of carbonyl (C=O) groups excluding carboxylic acids is 4. The Morgan fingerprint density at radius 3 is 1.54 bits per heavy atom. The minimum Gasteiger partial charge on any atom is -0.489 e. The zero-order valence-electron chi connectivity index (χ0n) is 15.8. The molecule has 2 N–H and O–H groups in total. The topological polar surface area (TPSA) is 111 Å². The lowest BCUT2D eigenvalue weighted by atomic mass is 10.1. The van der Waals surface area contributed by atoms with E-state index < -0.39 is 11.6 Å². The summed E-state index contributed by atoms with van der Waals surface area (Å²) in [7, 11) is 0. The predicted molar refractivity (Wildman–Crippen MR) is 103 cm³/mol. The summed E-state index contributed by atoms with van der Waals surface area (Å²) >= 11 is 0. The van der Waals surface area contributed by atoms with Crippen LogP contribution in [-0.2, 0) is 28.7 Å². The Morgan fingerprint density at radius 2 is 1.18 bits per heavy atom. The summed E-state index contributed by atoms with van der Waals surface area (Å²) in [6.07, 6.45) is 7.22. The van der Waals surface area contributed by atoms with Crippen molar-refractivity contribution in [1.29, 1.82) is 0 Å². The molecular weight excluding hydrogens is 364 g/mol. The van der Waals surface area contributed by atoms with Gasteiger partial charge < -0.3 is 20.1 Å². The van der Waals surface area contributed by atoms with Gasteiger partial charge in [0.25, 0.3) is 0 Å². The molecule has 0 heterocycles. The van der Waals surface area contributed by atoms with E-state index in [-0.39, 0.29) is 36.5 Å². The number of ketones is 2. The molecule has 28 heavy (non-hydrogen) atoms. The molecule has 8 heteroatoms. The quantitative estimate of drug-likeness (QED) is 0.261. The second kappa shape index (κ2) is 13.1. The third-order valence-corrected chi connectivity index (χ3v) is 3.64. The number of unbranched alkanes of at least 4 members (excludes halogenated alkanes) is 2. The van der Waals surface area contributed by atoms with Crippen molar-refractivity contribution in [3.8, 4) is 0 Å². The largest absolute Gasteiger partial charge is 0.489 e. The molecule has 0 aromatic heterocycles. The predicted octanol–water partition coefficient (Wildman–Crippen LogP) is 1.10. The van der Waals surface area contributed by atoms with E-state index in [4.69, 9.17) is 9.47 Å². The minimum absolute atomic E-state index is 0.0142. The Balaban J connectivity index is 2.23. The van der Waals surface area contributed by atoms with Crippen LogP contribution >= 0.6 is 0 Å². The van der Waals surface area contributed by atoms with Gasteiger partial charge in [0.15, 0.2) is 11.5 Å². The molecule has 0 fully saturated rings. The van der Waals surface area contributed by atoms with Gasteiger partial charge in [-0.25, -0.2) is 0 Å². The fraction of sp³-hybridized carbons (Fsp3) is 0.400. The maximum Gasteiger partial charge on any atom is 0.243 e. The first-order valence-corrected chi connectivity index (χ1v) is 9.06. The highest BCUT2D eigenvalue weighted by atomic mass is 16.5. The summed E-state index contributed by atoms with van der Waals surface area (Å²) in [5.41, 5.74) is 0. The van der Waals surface area contributed by atoms with Crippen LogP contribution in [0.3, 0.4) is 0 Å². The van der Waals surface area contributed by atoms with E-state index >= 15 is 0 Å². The normalized spacial score (nSPS) is 13.1. The van der Waals surface area contributed by atoms with Crippen molar-refractivity contribution >= 4 is 23.4 Å². The van der Waals surface area contributed by atoms with Crippen LogP contribution < -0.4 is 10.6 Å². The van der Waals surface area contributed by atoms with Gasteiger partial charge in [0.05, 0.1) is 13.2 Å². The molecule has 2 amide bonds. The molecule has 8 nitrogen and oxygen atoms in total. The minimum atomic E-state index is -0.423. The number of carbonyl (C=O) groups is 4. The standard InChI is InChI=1S/C20H26N2O6/c1-3-19(25)21-9-5-7-11-27-17-13-16(24)18(14-15(17)23)28-12-8-6-10-22-20(26)4-2/h3-4,13-14H,1-2,5-12H2,(H,21,25)(H,22,26). The SMILES string of the molecule is C=CC(=O)NCCCCOC1=CC(=O)C(OCCCCNC(=O)C=C)=CC1=O. The molecular formula is C20H26N2O6. The van der Waals surface area contributed by atoms with E-state index in [1.165, 1.54) is 12.2 Å². The first-order chi connectivity index (χ1) is 13.5. The van der Waals surface area contributed by atoms with Gasteiger partial charge in [-0.15, -0.1) is 0 Å². The van der Waals surface area contributed by atoms with Gasteiger partial charge in [0, 0.05) is 25.2 Å². The van der Waals surface area contributed by atoms with Crippen molar-refractivity contribution in [2.24, 2.45) is 0 Å². The summed E-state index contributed by atoms with van der Waals surface area (Å²) in [4.78, 5) is 46.0. The fourth-order valence-electron chi connectivity index (χ4n) is 2.13. The summed E-state index contributed by atoms with van der Waals surface area (Å²) in [6.45, 7) is 8.19. The van der Waals surface area contributed by atoms with Crippen LogP contribution in [0.4, 0.5) is 0 Å². The van der Waals surface area contributed by atoms with Crippen LogP contribution in [0.1, 0.15) is 25.7 Å². The second-order valence-electron chi connectivity index (χ2n) is 5.85. The molecule has 0 aliphatic heterocycles. The lowest BCUT2D eigenvalue weighted by molar-refractivity contribution is -0.119. The fourth-order valence-corrected chi connectivity index (χ4v) is 2.13. The maximum absolute atomic E-state index is 12.0. The zero-order valence-corrected chi connectivity index (χ0v) is 15.8. The van der Waals surface area contributed by atoms with Gasteiger partial charge in [0.2, 0.25) is 23.4 Å². The van der Waals surface area contributed by atoms with Crippen LogP contribution in [0.25, 0.3) is 0 Å². The number of nitrogens with one attached hydrogen (secondary N) is 2. The Labute approximate surface area is 164 Å². The molecule has 1 aliphatic carbocycles. The summed E-state index contributed by atoms with van der Waals surface area (Å²) in [5, 5.41) is 5.27. The molecule has 0 saturated heterocycles. The highest BCUT2D eigenvalue weighted by Gasteiger charge is 2.22. The molecule has 0 spiro atoms. The molecule has 0 aromatic carbocycles. The van der Waals surface area contributed by atoms with Gasteiger partial charge in [-0.1, -0.05) is 13.2 Å². The number of amides is 2. The van der Waals surface area contributed by atoms with Gasteiger partial charge in [-0.2, -0.15) is 0 Å². The molecule has 0 radical (unpaired) electrons. The van der Waals surface area contributed by atoms with E-state index in [1.807, 2.05) is 0 Å². The van der Waals surface area contributed by atoms with E-state index in [9.17, 15) is 19.2 Å². The summed E-state index contributed by atoms with van der Waals surface area (Å²) in [6, 6.07) is 0. The molecule has 0 saturated carbocycles. The number of hydrogen-bond donors (Lipinski definition) is 2. The van der Waals surface area contributed by atoms with Crippen molar-refractivity contribution in [3.05, 3.63) is 49.0 Å². The van der Waals surface area contributed by atoms with Crippen molar-refractivity contribution in [2.75, 3.05) is 26.3 Å². The lowest BCUT2D eigenvalue weighted by Gasteiger charge is -2.14. The highest BCUT2D eigenvalue weighted by Crippen LogP contribution is 2.15. The Kier molecular flexibility index (Phi) is 10.7. The van der Waals surface area contributed by atoms with E-state index in [1.54, 1.807) is 0 Å². The molecule has 0 bridgehead atoms. The van der Waals surface area contributed by atoms with Crippen molar-refractivity contribution in [2.45, 2.75) is 25.7 Å². The number of hydrogen-bond acceptors (Lipinski definition) is 6. The van der Waals surface area contributed by atoms with Gasteiger partial charge in [-0.3, -0.25) is 19.2 Å². The van der Waals surface area contributed by atoms with Gasteiger partial charge >= 0.3 is 0 Å². The number of rotatable bonds is 14. The van der Waals surface area contributed by atoms with Crippen LogP contribution in [-0.4, -0.2) is 49.7 Å². The van der Waals surface area contributed by atoms with Crippen molar-refractivity contribution < 1.29 is 28.7 Å². The average Bonchev–Trinajstić information content (AvgIpc) is 2.69. The Bertz CT molecular complexity index is 620. The number of allylic oxidation sites excluding steroid dienone is 2. The maximum atomic E-state index is 12.0. The van der Waals surface area contributed by atoms with Gasteiger partial charge in [0.1, 0.15) is 0 Å². The third kappa shape index (κ3) is 8.98. The average molecular weight is 390 g/mol. The van der Waals surface area contributed by atoms with Crippen LogP contribution in [0.15, 0.2) is 49.0 Å². The van der Waals surface area contributed by atoms with Gasteiger partial charge in [-0.05, 0) is 37.8 Å². The first-order valence-electron chi connectivity index (χ1n) is 9.06. The van der Waals surface area contributed by atoms with Crippen molar-refractivity contribution in [1.82, 2.24) is 10.6 Å². The lowest BCUT2D eigenvalue weighted by Crippen LogP contribution is -2.22. The highest BCUT2D eigenvalue weighted by molar-refractivity contribution is 6.18. The molecule has 152 valence electrons. The molecule has 1 aliphatic rings.